The van der Waals surface area contributed by atoms with E-state index in [1.165, 1.54) is 0 Å². The van der Waals surface area contributed by atoms with Crippen molar-refractivity contribution in [3.05, 3.63) is 54.1 Å². The number of hydrogen-bond acceptors (Lipinski definition) is 4. The van der Waals surface area contributed by atoms with E-state index < -0.39 is 5.97 Å². The first-order valence-corrected chi connectivity index (χ1v) is 5.72. The van der Waals surface area contributed by atoms with Gasteiger partial charge < -0.3 is 15.0 Å². The lowest BCUT2D eigenvalue weighted by Crippen LogP contribution is -2.12. The van der Waals surface area contributed by atoms with Crippen molar-refractivity contribution in [1.82, 2.24) is 0 Å². The zero-order chi connectivity index (χ0) is 13.0. The van der Waals surface area contributed by atoms with Crippen LogP contribution in [0.3, 0.4) is 0 Å². The predicted molar refractivity (Wildman–Crippen MR) is 72.6 cm³/mol. The fraction of sp³-hybridized carbons (Fsp3) is 0. The Morgan fingerprint density at radius 2 is 1.78 bits per heavy atom. The Bertz CT molecular complexity index is 557. The van der Waals surface area contributed by atoms with Crippen molar-refractivity contribution in [2.75, 3.05) is 5.73 Å². The van der Waals surface area contributed by atoms with E-state index in [1.807, 2.05) is 6.07 Å². The monoisotopic (exact) mass is 261 g/mol. The minimum Gasteiger partial charge on any atom is -0.479 e. The van der Waals surface area contributed by atoms with Crippen LogP contribution in [0, 0.1) is 0 Å². The Hall–Kier alpha value is -2.06. The highest BCUT2D eigenvalue weighted by Crippen LogP contribution is 2.27. The van der Waals surface area contributed by atoms with Crippen molar-refractivity contribution in [2.45, 2.75) is 0 Å². The van der Waals surface area contributed by atoms with E-state index in [2.05, 4.69) is 9.47 Å². The highest BCUT2D eigenvalue weighted by atomic mass is 31.0. The molecule has 2 N–H and O–H groups in total. The molecule has 0 saturated heterocycles. The van der Waals surface area contributed by atoms with Crippen LogP contribution in [0.1, 0.15) is 10.4 Å². The molecule has 0 saturated carbocycles. The van der Waals surface area contributed by atoms with Crippen LogP contribution in [0.2, 0.25) is 0 Å². The normalized spacial score (nSPS) is 9.83. The van der Waals surface area contributed by atoms with Crippen molar-refractivity contribution in [2.24, 2.45) is 0 Å². The summed E-state index contributed by atoms with van der Waals surface area (Å²) >= 11 is 0. The maximum Gasteiger partial charge on any atom is 0.349 e. The van der Waals surface area contributed by atoms with Gasteiger partial charge in [0.1, 0.15) is 17.1 Å². The Morgan fingerprint density at radius 1 is 1.06 bits per heavy atom. The Morgan fingerprint density at radius 3 is 2.44 bits per heavy atom. The fourth-order valence-corrected chi connectivity index (χ4v) is 1.71. The summed E-state index contributed by atoms with van der Waals surface area (Å²) in [6.07, 6.45) is 0. The maximum atomic E-state index is 12.0. The largest absolute Gasteiger partial charge is 0.479 e. The van der Waals surface area contributed by atoms with Crippen LogP contribution in [0.15, 0.2) is 48.5 Å². The topological polar surface area (TPSA) is 61.5 Å². The lowest BCUT2D eigenvalue weighted by Gasteiger charge is -2.10. The second-order valence-electron chi connectivity index (χ2n) is 3.54. The third-order valence-corrected chi connectivity index (χ3v) is 2.60. The zero-order valence-corrected chi connectivity index (χ0v) is 10.7. The summed E-state index contributed by atoms with van der Waals surface area (Å²) in [6.45, 7) is 0. The van der Waals surface area contributed by atoms with Crippen molar-refractivity contribution >= 4 is 21.1 Å². The predicted octanol–water partition coefficient (Wildman–Crippen LogP) is 2.66. The molecule has 0 spiro atoms. The molecule has 2 rings (SSSR count). The van der Waals surface area contributed by atoms with Gasteiger partial charge in [-0.3, -0.25) is 0 Å². The second-order valence-corrected chi connectivity index (χ2v) is 3.78. The molecule has 0 aromatic heterocycles. The van der Waals surface area contributed by atoms with E-state index in [-0.39, 0.29) is 5.56 Å². The van der Waals surface area contributed by atoms with Gasteiger partial charge in [-0.2, -0.15) is 0 Å². The lowest BCUT2D eigenvalue weighted by molar-refractivity contribution is 0.0734. The van der Waals surface area contributed by atoms with Crippen LogP contribution in [0.25, 0.3) is 0 Å². The van der Waals surface area contributed by atoms with Gasteiger partial charge >= 0.3 is 5.97 Å². The van der Waals surface area contributed by atoms with Gasteiger partial charge in [-0.15, -0.1) is 0 Å². The number of ether oxygens (including phenoxy) is 1. The van der Waals surface area contributed by atoms with Gasteiger partial charge in [0.25, 0.3) is 0 Å². The number of carbonyl (C=O) groups is 1. The van der Waals surface area contributed by atoms with Gasteiger partial charge in [-0.1, -0.05) is 24.3 Å². The molecule has 92 valence electrons. The first-order chi connectivity index (χ1) is 8.72. The molecule has 0 amide bonds. The van der Waals surface area contributed by atoms with E-state index in [4.69, 9.17) is 15.0 Å². The second kappa shape index (κ2) is 5.52. The number of para-hydroxylation sites is 1. The number of rotatable bonds is 3. The van der Waals surface area contributed by atoms with Gasteiger partial charge in [-0.25, -0.2) is 4.79 Å². The Kier molecular flexibility index (Phi) is 3.80. The van der Waals surface area contributed by atoms with Gasteiger partial charge in [0, 0.05) is 5.69 Å². The number of nitrogens with two attached hydrogens (primary N) is 1. The first kappa shape index (κ1) is 12.4. The summed E-state index contributed by atoms with van der Waals surface area (Å²) in [4.78, 5) is 12.0. The van der Waals surface area contributed by atoms with Gasteiger partial charge in [-0.05, 0) is 24.3 Å². The van der Waals surface area contributed by atoms with Crippen LogP contribution >= 0.6 is 9.47 Å². The molecule has 1 unspecified atom stereocenters. The lowest BCUT2D eigenvalue weighted by atomic mass is 10.1. The summed E-state index contributed by atoms with van der Waals surface area (Å²) in [6, 6.07) is 13.8. The van der Waals surface area contributed by atoms with Gasteiger partial charge in [0.05, 0.1) is 9.47 Å². The third-order valence-electron chi connectivity index (χ3n) is 2.34. The molecule has 0 heterocycles. The van der Waals surface area contributed by atoms with Crippen molar-refractivity contribution in [3.8, 4) is 11.5 Å². The average Bonchev–Trinajstić information content (AvgIpc) is 2.39. The summed E-state index contributed by atoms with van der Waals surface area (Å²) in [5.41, 5.74) is 6.30. The van der Waals surface area contributed by atoms with Crippen LogP contribution in [0.4, 0.5) is 5.69 Å². The van der Waals surface area contributed by atoms with Crippen molar-refractivity contribution in [3.63, 3.8) is 0 Å². The van der Waals surface area contributed by atoms with Gasteiger partial charge in [0.15, 0.2) is 0 Å². The minimum atomic E-state index is -0.545. The molecule has 0 radical (unpaired) electrons. The molecule has 2 aromatic rings. The summed E-state index contributed by atoms with van der Waals surface area (Å²) in [7, 11) is 2.08. The number of esters is 1. The maximum absolute atomic E-state index is 12.0. The number of nitrogen functional groups attached to an aromatic ring is 1. The number of anilines is 1. The molecule has 4 nitrogen and oxygen atoms in total. The van der Waals surface area contributed by atoms with Crippen molar-refractivity contribution in [1.29, 1.82) is 0 Å². The SMILES string of the molecule is Nc1cccc(OP)c1C(=O)Oc1ccccc1. The molecule has 0 bridgehead atoms. The van der Waals surface area contributed by atoms with E-state index >= 15 is 0 Å². The van der Waals surface area contributed by atoms with E-state index in [0.29, 0.717) is 17.2 Å². The van der Waals surface area contributed by atoms with Crippen LogP contribution in [-0.2, 0) is 0 Å². The number of benzene rings is 2. The quantitative estimate of drug-likeness (QED) is 0.399. The highest BCUT2D eigenvalue weighted by Gasteiger charge is 2.17. The standard InChI is InChI=1S/C13H12NO3P/c14-10-7-4-8-11(17-18)12(10)13(15)16-9-5-2-1-3-6-9/h1-8H,14,18H2. The Balaban J connectivity index is 2.29. The van der Waals surface area contributed by atoms with E-state index in [0.717, 1.165) is 0 Å². The third kappa shape index (κ3) is 2.60. The molecule has 2 aromatic carbocycles. The molecule has 5 heteroatoms. The summed E-state index contributed by atoms with van der Waals surface area (Å²) < 4.78 is 10.2. The van der Waals surface area contributed by atoms with Crippen LogP contribution < -0.4 is 15.0 Å². The molecular weight excluding hydrogens is 249 g/mol. The summed E-state index contributed by atoms with van der Waals surface area (Å²) in [5, 5.41) is 0. The van der Waals surface area contributed by atoms with E-state index in [1.54, 1.807) is 42.5 Å². The molecule has 0 aliphatic rings. The molecule has 0 aliphatic heterocycles. The first-order valence-electron chi connectivity index (χ1n) is 5.25. The van der Waals surface area contributed by atoms with Crippen molar-refractivity contribution < 1.29 is 14.1 Å². The van der Waals surface area contributed by atoms with E-state index in [9.17, 15) is 4.79 Å². The number of carbonyl (C=O) groups excluding carboxylic acids is 1. The molecule has 0 aliphatic carbocycles. The molecular formula is C13H12NO3P. The van der Waals surface area contributed by atoms with Crippen LogP contribution in [-0.4, -0.2) is 5.97 Å². The molecule has 18 heavy (non-hydrogen) atoms. The smallest absolute Gasteiger partial charge is 0.349 e. The highest BCUT2D eigenvalue weighted by molar-refractivity contribution is 7.10. The molecule has 0 fully saturated rings. The average molecular weight is 261 g/mol. The fourth-order valence-electron chi connectivity index (χ4n) is 1.51. The minimum absolute atomic E-state index is 0.219. The molecule has 1 atom stereocenters. The Labute approximate surface area is 107 Å². The van der Waals surface area contributed by atoms with Gasteiger partial charge in [0.2, 0.25) is 0 Å². The zero-order valence-electron chi connectivity index (χ0n) is 9.50. The number of hydrogen-bond donors (Lipinski definition) is 1. The summed E-state index contributed by atoms with van der Waals surface area (Å²) in [5.74, 6) is 0.276. The van der Waals surface area contributed by atoms with Crippen LogP contribution in [0.5, 0.6) is 11.5 Å².